The number of sulfonamides is 1. The van der Waals surface area contributed by atoms with Crippen LogP contribution in [0.2, 0.25) is 10.0 Å². The maximum absolute atomic E-state index is 13.0. The molecule has 0 spiro atoms. The van der Waals surface area contributed by atoms with Crippen LogP contribution in [0.1, 0.15) is 18.0 Å². The molecular weight excluding hydrogens is 507 g/mol. The van der Waals surface area contributed by atoms with Crippen LogP contribution in [-0.2, 0) is 16.6 Å². The van der Waals surface area contributed by atoms with Crippen molar-refractivity contribution in [1.82, 2.24) is 19.3 Å². The van der Waals surface area contributed by atoms with Crippen molar-refractivity contribution in [3.05, 3.63) is 94.6 Å². The third kappa shape index (κ3) is 5.06. The van der Waals surface area contributed by atoms with E-state index < -0.39 is 10.0 Å². The standard InChI is InChI=1S/C25H22Cl2N4O3S/c26-22-11-10-18(14-23(22)27)17-34-25-9-5-4-8-21(25)24-16-31(29-28-24)19-12-13-30(15-19)35(32,33)20-6-2-1-3-7-20/h1-11,14,16,19H,12-13,15,17H2/t19-/m0/s1. The van der Waals surface area contributed by atoms with Crippen LogP contribution >= 0.6 is 23.2 Å². The molecule has 2 heterocycles. The summed E-state index contributed by atoms with van der Waals surface area (Å²) in [7, 11) is -3.54. The lowest BCUT2D eigenvalue weighted by atomic mass is 10.1. The van der Waals surface area contributed by atoms with E-state index >= 15 is 0 Å². The van der Waals surface area contributed by atoms with Crippen molar-refractivity contribution in [2.75, 3.05) is 13.1 Å². The maximum Gasteiger partial charge on any atom is 0.243 e. The Balaban J connectivity index is 1.31. The molecule has 0 unspecified atom stereocenters. The van der Waals surface area contributed by atoms with E-state index in [0.717, 1.165) is 11.1 Å². The summed E-state index contributed by atoms with van der Waals surface area (Å²) in [6, 6.07) is 21.4. The van der Waals surface area contributed by atoms with Crippen LogP contribution in [0.3, 0.4) is 0 Å². The Morgan fingerprint density at radius 2 is 1.74 bits per heavy atom. The molecular formula is C25H22Cl2N4O3S. The molecule has 35 heavy (non-hydrogen) atoms. The number of hydrogen-bond donors (Lipinski definition) is 0. The molecule has 180 valence electrons. The van der Waals surface area contributed by atoms with Crippen molar-refractivity contribution in [2.45, 2.75) is 24.0 Å². The summed E-state index contributed by atoms with van der Waals surface area (Å²) in [5.41, 5.74) is 2.34. The normalized spacial score (nSPS) is 16.5. The van der Waals surface area contributed by atoms with E-state index in [4.69, 9.17) is 27.9 Å². The number of halogens is 2. The maximum atomic E-state index is 13.0. The van der Waals surface area contributed by atoms with Crippen molar-refractivity contribution in [1.29, 1.82) is 0 Å². The Labute approximate surface area is 213 Å². The average molecular weight is 529 g/mol. The van der Waals surface area contributed by atoms with Crippen LogP contribution in [0.4, 0.5) is 0 Å². The minimum absolute atomic E-state index is 0.0981. The average Bonchev–Trinajstić information content (AvgIpc) is 3.56. The van der Waals surface area contributed by atoms with E-state index in [9.17, 15) is 8.42 Å². The SMILES string of the molecule is O=S(=O)(c1ccccc1)N1CC[C@H](n2cc(-c3ccccc3OCc3ccc(Cl)c(Cl)c3)nn2)C1. The molecule has 0 radical (unpaired) electrons. The summed E-state index contributed by atoms with van der Waals surface area (Å²) in [4.78, 5) is 0.299. The molecule has 7 nitrogen and oxygen atoms in total. The second-order valence-electron chi connectivity index (χ2n) is 8.24. The van der Waals surface area contributed by atoms with Crippen LogP contribution < -0.4 is 4.74 Å². The van der Waals surface area contributed by atoms with Gasteiger partial charge in [-0.25, -0.2) is 13.1 Å². The van der Waals surface area contributed by atoms with Crippen molar-refractivity contribution in [3.63, 3.8) is 0 Å². The Hall–Kier alpha value is -2.91. The molecule has 0 amide bonds. The van der Waals surface area contributed by atoms with Gasteiger partial charge in [-0.2, -0.15) is 4.31 Å². The highest BCUT2D eigenvalue weighted by Gasteiger charge is 2.34. The molecule has 1 aromatic heterocycles. The quantitative estimate of drug-likeness (QED) is 0.318. The third-order valence-corrected chi connectivity index (χ3v) is 8.55. The molecule has 1 fully saturated rings. The summed E-state index contributed by atoms with van der Waals surface area (Å²) >= 11 is 12.1. The summed E-state index contributed by atoms with van der Waals surface area (Å²) in [6.07, 6.45) is 2.50. The fraction of sp³-hybridized carbons (Fsp3) is 0.200. The summed E-state index contributed by atoms with van der Waals surface area (Å²) in [5.74, 6) is 0.658. The first-order chi connectivity index (χ1) is 16.9. The predicted molar refractivity (Wildman–Crippen MR) is 135 cm³/mol. The topological polar surface area (TPSA) is 77.3 Å². The van der Waals surface area contributed by atoms with Gasteiger partial charge in [0.2, 0.25) is 10.0 Å². The Bertz CT molecular complexity index is 1440. The highest BCUT2D eigenvalue weighted by Crippen LogP contribution is 2.32. The zero-order chi connectivity index (χ0) is 24.4. The fourth-order valence-corrected chi connectivity index (χ4v) is 5.89. The van der Waals surface area contributed by atoms with E-state index in [1.807, 2.05) is 36.5 Å². The first-order valence-corrected chi connectivity index (χ1v) is 13.2. The van der Waals surface area contributed by atoms with Crippen LogP contribution in [0.15, 0.2) is 83.9 Å². The first kappa shape index (κ1) is 23.8. The number of benzene rings is 3. The lowest BCUT2D eigenvalue weighted by molar-refractivity contribution is 0.307. The summed E-state index contributed by atoms with van der Waals surface area (Å²) in [6.45, 7) is 1.09. The van der Waals surface area contributed by atoms with Crippen LogP contribution in [0.25, 0.3) is 11.3 Å². The molecule has 5 rings (SSSR count). The highest BCUT2D eigenvalue weighted by atomic mass is 35.5. The van der Waals surface area contributed by atoms with Crippen LogP contribution in [-0.4, -0.2) is 40.8 Å². The molecule has 1 atom stereocenters. The lowest BCUT2D eigenvalue weighted by Crippen LogP contribution is -2.29. The van der Waals surface area contributed by atoms with Gasteiger partial charge in [0.25, 0.3) is 0 Å². The van der Waals surface area contributed by atoms with E-state index in [1.54, 1.807) is 47.1 Å². The molecule has 0 bridgehead atoms. The molecule has 0 saturated carbocycles. The van der Waals surface area contributed by atoms with E-state index in [2.05, 4.69) is 10.3 Å². The van der Waals surface area contributed by atoms with Crippen molar-refractivity contribution < 1.29 is 13.2 Å². The Kier molecular flexibility index (Phi) is 6.80. The van der Waals surface area contributed by atoms with Gasteiger partial charge in [-0.05, 0) is 48.4 Å². The number of nitrogens with zero attached hydrogens (tertiary/aromatic N) is 4. The monoisotopic (exact) mass is 528 g/mol. The van der Waals surface area contributed by atoms with Crippen LogP contribution in [0, 0.1) is 0 Å². The van der Waals surface area contributed by atoms with Gasteiger partial charge >= 0.3 is 0 Å². The van der Waals surface area contributed by atoms with Crippen molar-refractivity contribution in [2.24, 2.45) is 0 Å². The lowest BCUT2D eigenvalue weighted by Gasteiger charge is -2.16. The highest BCUT2D eigenvalue weighted by molar-refractivity contribution is 7.89. The molecule has 3 aromatic carbocycles. The number of ether oxygens (including phenoxy) is 1. The molecule has 1 saturated heterocycles. The molecule has 0 aliphatic carbocycles. The van der Waals surface area contributed by atoms with E-state index in [-0.39, 0.29) is 6.04 Å². The smallest absolute Gasteiger partial charge is 0.243 e. The van der Waals surface area contributed by atoms with Gasteiger partial charge in [0.15, 0.2) is 0 Å². The molecule has 1 aliphatic rings. The molecule has 0 N–H and O–H groups in total. The first-order valence-electron chi connectivity index (χ1n) is 11.0. The minimum atomic E-state index is -3.54. The van der Waals surface area contributed by atoms with Gasteiger partial charge < -0.3 is 4.74 Å². The summed E-state index contributed by atoms with van der Waals surface area (Å²) in [5, 5.41) is 9.62. The van der Waals surface area contributed by atoms with Gasteiger partial charge in [-0.1, -0.05) is 64.8 Å². The minimum Gasteiger partial charge on any atom is -0.488 e. The molecule has 10 heteroatoms. The zero-order valence-corrected chi connectivity index (χ0v) is 20.9. The van der Waals surface area contributed by atoms with Gasteiger partial charge in [-0.3, -0.25) is 0 Å². The van der Waals surface area contributed by atoms with Crippen molar-refractivity contribution in [3.8, 4) is 17.0 Å². The molecule has 4 aromatic rings. The zero-order valence-electron chi connectivity index (χ0n) is 18.6. The Morgan fingerprint density at radius 3 is 2.54 bits per heavy atom. The van der Waals surface area contributed by atoms with E-state index in [1.165, 1.54) is 4.31 Å². The van der Waals surface area contributed by atoms with Gasteiger partial charge in [-0.15, -0.1) is 5.10 Å². The van der Waals surface area contributed by atoms with Gasteiger partial charge in [0.1, 0.15) is 18.1 Å². The second-order valence-corrected chi connectivity index (χ2v) is 11.0. The van der Waals surface area contributed by atoms with Gasteiger partial charge in [0.05, 0.1) is 27.2 Å². The number of para-hydroxylation sites is 1. The molecule has 1 aliphatic heterocycles. The largest absolute Gasteiger partial charge is 0.488 e. The van der Waals surface area contributed by atoms with E-state index in [0.29, 0.717) is 52.5 Å². The predicted octanol–water partition coefficient (Wildman–Crippen LogP) is 5.47. The number of hydrogen-bond acceptors (Lipinski definition) is 5. The number of aromatic nitrogens is 3. The second kappa shape index (κ2) is 9.99. The van der Waals surface area contributed by atoms with Gasteiger partial charge in [0, 0.05) is 18.7 Å². The Morgan fingerprint density at radius 1 is 0.971 bits per heavy atom. The third-order valence-electron chi connectivity index (χ3n) is 5.93. The van der Waals surface area contributed by atoms with Crippen molar-refractivity contribution >= 4 is 33.2 Å². The number of rotatable bonds is 7. The van der Waals surface area contributed by atoms with Crippen LogP contribution in [0.5, 0.6) is 5.75 Å². The fourth-order valence-electron chi connectivity index (χ4n) is 4.06. The summed E-state index contributed by atoms with van der Waals surface area (Å²) < 4.78 is 35.2.